The van der Waals surface area contributed by atoms with Gasteiger partial charge in [0.1, 0.15) is 6.54 Å². The molecule has 0 bridgehead atoms. The van der Waals surface area contributed by atoms with Gasteiger partial charge in [-0.15, -0.1) is 0 Å². The number of sulfonamides is 1. The van der Waals surface area contributed by atoms with Crippen molar-refractivity contribution in [1.82, 2.24) is 5.32 Å². The number of hydrogen-bond donors (Lipinski definition) is 1. The van der Waals surface area contributed by atoms with E-state index < -0.39 is 10.0 Å². The Bertz CT molecular complexity index is 831. The van der Waals surface area contributed by atoms with E-state index in [1.165, 1.54) is 12.1 Å². The topological polar surface area (TPSA) is 66.5 Å². The molecule has 6 heteroatoms. The molecule has 0 saturated carbocycles. The van der Waals surface area contributed by atoms with Gasteiger partial charge in [-0.1, -0.05) is 49.7 Å². The van der Waals surface area contributed by atoms with Crippen LogP contribution < -0.4 is 9.62 Å². The Labute approximate surface area is 156 Å². The Morgan fingerprint density at radius 1 is 1.00 bits per heavy atom. The zero-order valence-electron chi connectivity index (χ0n) is 15.6. The molecule has 0 saturated heterocycles. The maximum Gasteiger partial charge on any atom is 0.264 e. The molecule has 0 aliphatic carbocycles. The van der Waals surface area contributed by atoms with Gasteiger partial charge in [-0.25, -0.2) is 8.42 Å². The van der Waals surface area contributed by atoms with Gasteiger partial charge in [0.25, 0.3) is 10.0 Å². The summed E-state index contributed by atoms with van der Waals surface area (Å²) in [5, 5.41) is 2.87. The molecular formula is C20H26N2O3S. The smallest absolute Gasteiger partial charge is 0.264 e. The minimum Gasteiger partial charge on any atom is -0.352 e. The predicted octanol–water partition coefficient (Wildman–Crippen LogP) is 3.35. The van der Waals surface area contributed by atoms with Crippen molar-refractivity contribution in [3.63, 3.8) is 0 Å². The lowest BCUT2D eigenvalue weighted by Gasteiger charge is -2.26. The van der Waals surface area contributed by atoms with Gasteiger partial charge in [0.05, 0.1) is 10.6 Å². The first kappa shape index (κ1) is 20.0. The predicted molar refractivity (Wildman–Crippen MR) is 105 cm³/mol. The van der Waals surface area contributed by atoms with E-state index in [9.17, 15) is 13.2 Å². The van der Waals surface area contributed by atoms with Gasteiger partial charge in [-0.05, 0) is 44.0 Å². The molecule has 2 aromatic carbocycles. The van der Waals surface area contributed by atoms with E-state index >= 15 is 0 Å². The second-order valence-corrected chi connectivity index (χ2v) is 8.62. The summed E-state index contributed by atoms with van der Waals surface area (Å²) in [6, 6.07) is 15.2. The molecule has 5 nitrogen and oxygen atoms in total. The number of hydrogen-bond acceptors (Lipinski definition) is 3. The Morgan fingerprint density at radius 2 is 1.58 bits per heavy atom. The number of nitrogens with one attached hydrogen (secondary N) is 1. The van der Waals surface area contributed by atoms with Crippen molar-refractivity contribution >= 4 is 21.6 Å². The molecule has 2 rings (SSSR count). The van der Waals surface area contributed by atoms with Gasteiger partial charge in [-0.2, -0.15) is 0 Å². The van der Waals surface area contributed by atoms with Crippen molar-refractivity contribution in [1.29, 1.82) is 0 Å². The van der Waals surface area contributed by atoms with Crippen LogP contribution in [0.25, 0.3) is 0 Å². The molecule has 0 heterocycles. The van der Waals surface area contributed by atoms with E-state index in [2.05, 4.69) is 5.32 Å². The van der Waals surface area contributed by atoms with E-state index in [0.29, 0.717) is 5.69 Å². The van der Waals surface area contributed by atoms with Crippen molar-refractivity contribution in [2.45, 2.75) is 38.6 Å². The second kappa shape index (κ2) is 8.36. The highest BCUT2D eigenvalue weighted by Gasteiger charge is 2.27. The third kappa shape index (κ3) is 4.85. The van der Waals surface area contributed by atoms with E-state index in [4.69, 9.17) is 0 Å². The lowest BCUT2D eigenvalue weighted by molar-refractivity contribution is -0.120. The van der Waals surface area contributed by atoms with Crippen LogP contribution in [0, 0.1) is 12.8 Å². The second-order valence-electron chi connectivity index (χ2n) is 6.76. The van der Waals surface area contributed by atoms with Gasteiger partial charge < -0.3 is 5.32 Å². The average molecular weight is 375 g/mol. The average Bonchev–Trinajstić information content (AvgIpc) is 2.61. The van der Waals surface area contributed by atoms with Crippen LogP contribution in [0.1, 0.15) is 26.3 Å². The standard InChI is InChI=1S/C20H26N2O3S/c1-15(2)17(4)21-20(23)14-22(18-12-10-16(3)11-13-18)26(24,25)19-8-6-5-7-9-19/h5-13,15,17H,14H2,1-4H3,(H,21,23)/t17-/m0/s1. The number of amides is 1. The minimum absolute atomic E-state index is 0.0400. The third-order valence-corrected chi connectivity index (χ3v) is 6.12. The molecule has 0 fully saturated rings. The number of carbonyl (C=O) groups is 1. The van der Waals surface area contributed by atoms with Gasteiger partial charge in [-0.3, -0.25) is 9.10 Å². The molecular weight excluding hydrogens is 348 g/mol. The molecule has 0 radical (unpaired) electrons. The molecule has 1 N–H and O–H groups in total. The fourth-order valence-electron chi connectivity index (χ4n) is 2.34. The van der Waals surface area contributed by atoms with Crippen LogP contribution >= 0.6 is 0 Å². The fourth-order valence-corrected chi connectivity index (χ4v) is 3.78. The van der Waals surface area contributed by atoms with Crippen LogP contribution in [-0.4, -0.2) is 26.9 Å². The highest BCUT2D eigenvalue weighted by Crippen LogP contribution is 2.23. The first-order valence-electron chi connectivity index (χ1n) is 8.65. The summed E-state index contributed by atoms with van der Waals surface area (Å²) in [5.74, 6) is -0.0659. The summed E-state index contributed by atoms with van der Waals surface area (Å²) in [6.07, 6.45) is 0. The zero-order chi connectivity index (χ0) is 19.3. The maximum atomic E-state index is 13.1. The summed E-state index contributed by atoms with van der Waals surface area (Å²) in [6.45, 7) is 7.57. The Balaban J connectivity index is 2.37. The molecule has 26 heavy (non-hydrogen) atoms. The fraction of sp³-hybridized carbons (Fsp3) is 0.350. The first-order valence-corrected chi connectivity index (χ1v) is 10.1. The number of aryl methyl sites for hydroxylation is 1. The normalized spacial score (nSPS) is 12.7. The SMILES string of the molecule is Cc1ccc(N(CC(=O)N[C@@H](C)C(C)C)S(=O)(=O)c2ccccc2)cc1. The summed E-state index contributed by atoms with van der Waals surface area (Å²) in [5.41, 5.74) is 1.48. The molecule has 2 aromatic rings. The Kier molecular flexibility index (Phi) is 6.42. The van der Waals surface area contributed by atoms with Crippen molar-refractivity contribution in [2.75, 3.05) is 10.8 Å². The minimum atomic E-state index is -3.85. The summed E-state index contributed by atoms with van der Waals surface area (Å²) in [4.78, 5) is 12.6. The summed E-state index contributed by atoms with van der Waals surface area (Å²) >= 11 is 0. The lowest BCUT2D eigenvalue weighted by atomic mass is 10.1. The van der Waals surface area contributed by atoms with Crippen molar-refractivity contribution in [3.05, 3.63) is 60.2 Å². The van der Waals surface area contributed by atoms with Crippen molar-refractivity contribution < 1.29 is 13.2 Å². The van der Waals surface area contributed by atoms with Crippen molar-refractivity contribution in [3.8, 4) is 0 Å². The number of benzene rings is 2. The van der Waals surface area contributed by atoms with Gasteiger partial charge in [0.15, 0.2) is 0 Å². The molecule has 0 aliphatic rings. The highest BCUT2D eigenvalue weighted by atomic mass is 32.2. The van der Waals surface area contributed by atoms with Gasteiger partial charge in [0, 0.05) is 6.04 Å². The van der Waals surface area contributed by atoms with E-state index in [1.54, 1.807) is 30.3 Å². The van der Waals surface area contributed by atoms with Crippen LogP contribution in [-0.2, 0) is 14.8 Å². The zero-order valence-corrected chi connectivity index (χ0v) is 16.5. The van der Waals surface area contributed by atoms with Crippen molar-refractivity contribution in [2.24, 2.45) is 5.92 Å². The molecule has 0 spiro atoms. The number of anilines is 1. The van der Waals surface area contributed by atoms with Gasteiger partial charge >= 0.3 is 0 Å². The van der Waals surface area contributed by atoms with E-state index in [-0.39, 0.29) is 29.3 Å². The van der Waals surface area contributed by atoms with Crippen LogP contribution in [0.3, 0.4) is 0 Å². The van der Waals surface area contributed by atoms with Crippen LogP contribution in [0.5, 0.6) is 0 Å². The van der Waals surface area contributed by atoms with Crippen LogP contribution in [0.4, 0.5) is 5.69 Å². The number of nitrogens with zero attached hydrogens (tertiary/aromatic N) is 1. The number of carbonyl (C=O) groups excluding carboxylic acids is 1. The van der Waals surface area contributed by atoms with Crippen LogP contribution in [0.2, 0.25) is 0 Å². The van der Waals surface area contributed by atoms with Crippen LogP contribution in [0.15, 0.2) is 59.5 Å². The quantitative estimate of drug-likeness (QED) is 0.808. The lowest BCUT2D eigenvalue weighted by Crippen LogP contribution is -2.45. The molecule has 0 aliphatic heterocycles. The van der Waals surface area contributed by atoms with E-state index in [1.807, 2.05) is 39.8 Å². The maximum absolute atomic E-state index is 13.1. The molecule has 1 atom stereocenters. The molecule has 0 aromatic heterocycles. The first-order chi connectivity index (χ1) is 12.2. The number of rotatable bonds is 7. The summed E-state index contributed by atoms with van der Waals surface area (Å²) in [7, 11) is -3.85. The Morgan fingerprint density at radius 3 is 2.12 bits per heavy atom. The summed E-state index contributed by atoms with van der Waals surface area (Å²) < 4.78 is 27.4. The van der Waals surface area contributed by atoms with Gasteiger partial charge in [0.2, 0.25) is 5.91 Å². The highest BCUT2D eigenvalue weighted by molar-refractivity contribution is 7.92. The largest absolute Gasteiger partial charge is 0.352 e. The third-order valence-electron chi connectivity index (χ3n) is 4.33. The molecule has 0 unspecified atom stereocenters. The molecule has 140 valence electrons. The molecule has 1 amide bonds. The van der Waals surface area contributed by atoms with E-state index in [0.717, 1.165) is 9.87 Å². The monoisotopic (exact) mass is 374 g/mol. The Hall–Kier alpha value is -2.34.